The van der Waals surface area contributed by atoms with E-state index in [1.807, 2.05) is 0 Å². The van der Waals surface area contributed by atoms with Crippen LogP contribution in [0, 0.1) is 5.92 Å². The van der Waals surface area contributed by atoms with Gasteiger partial charge in [0.2, 0.25) is 21.8 Å². The molecule has 2 amide bonds. The van der Waals surface area contributed by atoms with Gasteiger partial charge in [-0.05, 0) is 51.0 Å². The molecule has 1 heterocycles. The molecule has 1 fully saturated rings. The lowest BCUT2D eigenvalue weighted by atomic mass is 9.97. The first-order chi connectivity index (χ1) is 12.1. The number of amides is 2. The summed E-state index contributed by atoms with van der Waals surface area (Å²) in [4.78, 5) is 25.8. The Morgan fingerprint density at radius 2 is 1.85 bits per heavy atom. The second kappa shape index (κ2) is 8.18. The monoisotopic (exact) mass is 381 g/mol. The quantitative estimate of drug-likeness (QED) is 0.844. The third kappa shape index (κ3) is 4.62. The first-order valence-corrected chi connectivity index (χ1v) is 10.2. The molecule has 8 heteroatoms. The van der Waals surface area contributed by atoms with Crippen LogP contribution >= 0.6 is 0 Å². The molecule has 1 atom stereocenters. The molecule has 1 N–H and O–H groups in total. The molecular weight excluding hydrogens is 354 g/mol. The van der Waals surface area contributed by atoms with Gasteiger partial charge in [0.25, 0.3) is 0 Å². The van der Waals surface area contributed by atoms with Crippen molar-refractivity contribution in [2.45, 2.75) is 44.6 Å². The fraction of sp³-hybridized carbons (Fsp3) is 0.556. The van der Waals surface area contributed by atoms with E-state index in [0.717, 1.165) is 12.8 Å². The van der Waals surface area contributed by atoms with Crippen LogP contribution in [0.25, 0.3) is 0 Å². The molecule has 0 unspecified atom stereocenters. The molecule has 0 saturated carbocycles. The van der Waals surface area contributed by atoms with E-state index in [1.54, 1.807) is 37.9 Å². The number of carbonyl (C=O) groups excluding carboxylic acids is 2. The number of anilines is 1. The van der Waals surface area contributed by atoms with E-state index in [9.17, 15) is 18.0 Å². The Kier molecular flexibility index (Phi) is 6.41. The van der Waals surface area contributed by atoms with Crippen molar-refractivity contribution in [2.75, 3.05) is 25.5 Å². The number of nitrogens with one attached hydrogen (secondary N) is 1. The zero-order valence-electron chi connectivity index (χ0n) is 15.7. The third-order valence-electron chi connectivity index (χ3n) is 4.76. The van der Waals surface area contributed by atoms with Crippen molar-refractivity contribution in [3.05, 3.63) is 24.3 Å². The fourth-order valence-corrected chi connectivity index (χ4v) is 4.24. The Bertz CT molecular complexity index is 759. The van der Waals surface area contributed by atoms with Crippen LogP contribution in [0.2, 0.25) is 0 Å². The van der Waals surface area contributed by atoms with Gasteiger partial charge in [-0.2, -0.15) is 4.31 Å². The van der Waals surface area contributed by atoms with Crippen molar-refractivity contribution < 1.29 is 18.0 Å². The molecule has 0 aliphatic carbocycles. The number of likely N-dealkylation sites (tertiary alicyclic amines) is 1. The predicted molar refractivity (Wildman–Crippen MR) is 100 cm³/mol. The number of carbonyl (C=O) groups is 2. The zero-order chi connectivity index (χ0) is 19.5. The van der Waals surface area contributed by atoms with Crippen LogP contribution in [-0.4, -0.2) is 55.6 Å². The van der Waals surface area contributed by atoms with Gasteiger partial charge in [0.1, 0.15) is 0 Å². The van der Waals surface area contributed by atoms with Gasteiger partial charge in [-0.1, -0.05) is 0 Å². The molecule has 26 heavy (non-hydrogen) atoms. The SMILES string of the molecule is CC(=O)N1CCC[C@H](C(=O)Nc2ccc(S(=O)(=O)N(C)C(C)C)cc2)C1. The van der Waals surface area contributed by atoms with Gasteiger partial charge in [0, 0.05) is 38.8 Å². The number of hydrogen-bond acceptors (Lipinski definition) is 4. The highest BCUT2D eigenvalue weighted by Gasteiger charge is 2.27. The summed E-state index contributed by atoms with van der Waals surface area (Å²) in [7, 11) is -2.00. The third-order valence-corrected chi connectivity index (χ3v) is 6.81. The minimum Gasteiger partial charge on any atom is -0.342 e. The topological polar surface area (TPSA) is 86.8 Å². The highest BCUT2D eigenvalue weighted by atomic mass is 32.2. The zero-order valence-corrected chi connectivity index (χ0v) is 16.5. The Balaban J connectivity index is 2.05. The summed E-state index contributed by atoms with van der Waals surface area (Å²) in [6.07, 6.45) is 1.54. The van der Waals surface area contributed by atoms with Crippen LogP contribution in [0.3, 0.4) is 0 Å². The molecule has 0 spiro atoms. The van der Waals surface area contributed by atoms with Gasteiger partial charge in [0.05, 0.1) is 10.8 Å². The minimum atomic E-state index is -3.54. The molecule has 1 saturated heterocycles. The average molecular weight is 381 g/mol. The molecule has 144 valence electrons. The van der Waals surface area contributed by atoms with E-state index in [0.29, 0.717) is 18.8 Å². The number of benzene rings is 1. The molecule has 1 aromatic rings. The van der Waals surface area contributed by atoms with Gasteiger partial charge in [-0.15, -0.1) is 0 Å². The number of sulfonamides is 1. The van der Waals surface area contributed by atoms with E-state index < -0.39 is 10.0 Å². The van der Waals surface area contributed by atoms with Crippen LogP contribution in [0.1, 0.15) is 33.6 Å². The van der Waals surface area contributed by atoms with E-state index in [1.165, 1.54) is 23.4 Å². The summed E-state index contributed by atoms with van der Waals surface area (Å²) in [6, 6.07) is 6.02. The Morgan fingerprint density at radius 3 is 2.38 bits per heavy atom. The van der Waals surface area contributed by atoms with Crippen LogP contribution < -0.4 is 5.32 Å². The van der Waals surface area contributed by atoms with Gasteiger partial charge < -0.3 is 10.2 Å². The summed E-state index contributed by atoms with van der Waals surface area (Å²) < 4.78 is 26.2. The maximum atomic E-state index is 12.5. The number of nitrogens with zero attached hydrogens (tertiary/aromatic N) is 2. The summed E-state index contributed by atoms with van der Waals surface area (Å²) >= 11 is 0. The van der Waals surface area contributed by atoms with E-state index in [2.05, 4.69) is 5.32 Å². The second-order valence-corrected chi connectivity index (χ2v) is 8.93. The molecular formula is C18H27N3O4S. The van der Waals surface area contributed by atoms with Crippen LogP contribution in [0.5, 0.6) is 0 Å². The van der Waals surface area contributed by atoms with E-state index in [4.69, 9.17) is 0 Å². The molecule has 1 aromatic carbocycles. The highest BCUT2D eigenvalue weighted by molar-refractivity contribution is 7.89. The normalized spacial score (nSPS) is 18.2. The summed E-state index contributed by atoms with van der Waals surface area (Å²) in [5.74, 6) is -0.416. The van der Waals surface area contributed by atoms with Crippen molar-refractivity contribution in [2.24, 2.45) is 5.92 Å². The largest absolute Gasteiger partial charge is 0.342 e. The van der Waals surface area contributed by atoms with E-state index >= 15 is 0 Å². The smallest absolute Gasteiger partial charge is 0.243 e. The van der Waals surface area contributed by atoms with Gasteiger partial charge in [0.15, 0.2) is 0 Å². The number of hydrogen-bond donors (Lipinski definition) is 1. The lowest BCUT2D eigenvalue weighted by molar-refractivity contribution is -0.132. The summed E-state index contributed by atoms with van der Waals surface area (Å²) in [6.45, 7) is 6.23. The van der Waals surface area contributed by atoms with Crippen molar-refractivity contribution in [1.29, 1.82) is 0 Å². The molecule has 2 rings (SSSR count). The van der Waals surface area contributed by atoms with Gasteiger partial charge in [-0.3, -0.25) is 9.59 Å². The average Bonchev–Trinajstić information content (AvgIpc) is 2.61. The first kappa shape index (κ1) is 20.4. The molecule has 1 aliphatic rings. The maximum Gasteiger partial charge on any atom is 0.243 e. The van der Waals surface area contributed by atoms with Gasteiger partial charge in [-0.25, -0.2) is 8.42 Å². The summed E-state index contributed by atoms with van der Waals surface area (Å²) in [5, 5.41) is 2.82. The number of rotatable bonds is 5. The van der Waals surface area contributed by atoms with Gasteiger partial charge >= 0.3 is 0 Å². The Labute approximate surface area is 155 Å². The Hall–Kier alpha value is -1.93. The van der Waals surface area contributed by atoms with Crippen molar-refractivity contribution in [3.8, 4) is 0 Å². The van der Waals surface area contributed by atoms with Crippen LogP contribution in [0.4, 0.5) is 5.69 Å². The molecule has 1 aliphatic heterocycles. The van der Waals surface area contributed by atoms with Crippen molar-refractivity contribution in [1.82, 2.24) is 9.21 Å². The van der Waals surface area contributed by atoms with Crippen molar-refractivity contribution in [3.63, 3.8) is 0 Å². The van der Waals surface area contributed by atoms with Crippen molar-refractivity contribution >= 4 is 27.5 Å². The highest BCUT2D eigenvalue weighted by Crippen LogP contribution is 2.21. The predicted octanol–water partition coefficient (Wildman–Crippen LogP) is 1.91. The lowest BCUT2D eigenvalue weighted by Crippen LogP contribution is -2.42. The number of piperidine rings is 1. The molecule has 0 aromatic heterocycles. The Morgan fingerprint density at radius 1 is 1.23 bits per heavy atom. The van der Waals surface area contributed by atoms with Crippen LogP contribution in [-0.2, 0) is 19.6 Å². The molecule has 7 nitrogen and oxygen atoms in total. The standard InChI is InChI=1S/C18H27N3O4S/c1-13(2)20(4)26(24,25)17-9-7-16(8-10-17)19-18(23)15-6-5-11-21(12-15)14(3)22/h7-10,13,15H,5-6,11-12H2,1-4H3,(H,19,23)/t15-/m0/s1. The minimum absolute atomic E-state index is 0.0219. The molecule has 0 radical (unpaired) electrons. The molecule has 0 bridgehead atoms. The lowest BCUT2D eigenvalue weighted by Gasteiger charge is -2.31. The maximum absolute atomic E-state index is 12.5. The summed E-state index contributed by atoms with van der Waals surface area (Å²) in [5.41, 5.74) is 0.543. The van der Waals surface area contributed by atoms with E-state index in [-0.39, 0.29) is 28.7 Å². The fourth-order valence-electron chi connectivity index (χ4n) is 2.88. The first-order valence-electron chi connectivity index (χ1n) is 8.77. The second-order valence-electron chi connectivity index (χ2n) is 6.93. The van der Waals surface area contributed by atoms with Crippen LogP contribution in [0.15, 0.2) is 29.2 Å².